The Kier molecular flexibility index (Phi) is 5.28. The predicted molar refractivity (Wildman–Crippen MR) is 66.3 cm³/mol. The van der Waals surface area contributed by atoms with Crippen molar-refractivity contribution in [2.75, 3.05) is 13.1 Å². The SMILES string of the molecule is CC(Oc1cccc(Br)c1)C(=O)NCCN. The lowest BCUT2D eigenvalue weighted by Gasteiger charge is -2.14. The second-order valence-electron chi connectivity index (χ2n) is 3.30. The highest BCUT2D eigenvalue weighted by atomic mass is 79.9. The molecule has 0 heterocycles. The Bertz CT molecular complexity index is 358. The third-order valence-corrected chi connectivity index (χ3v) is 2.41. The van der Waals surface area contributed by atoms with E-state index in [4.69, 9.17) is 10.5 Å². The van der Waals surface area contributed by atoms with E-state index in [0.29, 0.717) is 18.8 Å². The van der Waals surface area contributed by atoms with E-state index in [0.717, 1.165) is 4.47 Å². The fourth-order valence-electron chi connectivity index (χ4n) is 1.14. The zero-order valence-corrected chi connectivity index (χ0v) is 10.7. The summed E-state index contributed by atoms with van der Waals surface area (Å²) in [6.45, 7) is 2.59. The predicted octanol–water partition coefficient (Wildman–Crippen LogP) is 1.29. The van der Waals surface area contributed by atoms with Gasteiger partial charge < -0.3 is 15.8 Å². The van der Waals surface area contributed by atoms with Gasteiger partial charge in [0.05, 0.1) is 0 Å². The maximum absolute atomic E-state index is 11.5. The monoisotopic (exact) mass is 286 g/mol. The Morgan fingerprint density at radius 2 is 2.38 bits per heavy atom. The van der Waals surface area contributed by atoms with Crippen LogP contribution in [0.3, 0.4) is 0 Å². The molecule has 88 valence electrons. The first-order chi connectivity index (χ1) is 7.63. The quantitative estimate of drug-likeness (QED) is 0.857. The summed E-state index contributed by atoms with van der Waals surface area (Å²) in [5.74, 6) is 0.496. The highest BCUT2D eigenvalue weighted by Gasteiger charge is 2.13. The van der Waals surface area contributed by atoms with Crippen molar-refractivity contribution in [3.8, 4) is 5.75 Å². The van der Waals surface area contributed by atoms with Crippen LogP contribution in [-0.2, 0) is 4.79 Å². The van der Waals surface area contributed by atoms with Gasteiger partial charge in [-0.1, -0.05) is 22.0 Å². The highest BCUT2D eigenvalue weighted by Crippen LogP contribution is 2.18. The van der Waals surface area contributed by atoms with Crippen molar-refractivity contribution in [3.05, 3.63) is 28.7 Å². The molecule has 0 aromatic heterocycles. The minimum Gasteiger partial charge on any atom is -0.481 e. The lowest BCUT2D eigenvalue weighted by Crippen LogP contribution is -2.38. The van der Waals surface area contributed by atoms with Crippen LogP contribution in [0.2, 0.25) is 0 Å². The molecule has 0 spiro atoms. The summed E-state index contributed by atoms with van der Waals surface area (Å²) in [5, 5.41) is 2.67. The van der Waals surface area contributed by atoms with Crippen LogP contribution < -0.4 is 15.8 Å². The Hall–Kier alpha value is -1.07. The molecule has 1 amide bonds. The first-order valence-corrected chi connectivity index (χ1v) is 5.83. The molecule has 0 saturated carbocycles. The maximum Gasteiger partial charge on any atom is 0.260 e. The summed E-state index contributed by atoms with van der Waals surface area (Å²) in [4.78, 5) is 11.5. The van der Waals surface area contributed by atoms with Gasteiger partial charge >= 0.3 is 0 Å². The van der Waals surface area contributed by atoms with E-state index in [1.54, 1.807) is 13.0 Å². The van der Waals surface area contributed by atoms with E-state index in [-0.39, 0.29) is 5.91 Å². The zero-order valence-electron chi connectivity index (χ0n) is 9.07. The molecule has 4 nitrogen and oxygen atoms in total. The molecule has 1 rings (SSSR count). The Labute approximate surface area is 103 Å². The molecule has 0 aliphatic carbocycles. The van der Waals surface area contributed by atoms with Gasteiger partial charge in [0, 0.05) is 17.6 Å². The number of ether oxygens (including phenoxy) is 1. The minimum atomic E-state index is -0.527. The molecule has 1 unspecified atom stereocenters. The number of rotatable bonds is 5. The molecular formula is C11H15BrN2O2. The van der Waals surface area contributed by atoms with Gasteiger partial charge in [-0.15, -0.1) is 0 Å². The molecule has 5 heteroatoms. The number of carbonyl (C=O) groups is 1. The third kappa shape index (κ3) is 4.20. The van der Waals surface area contributed by atoms with E-state index in [1.165, 1.54) is 0 Å². The third-order valence-electron chi connectivity index (χ3n) is 1.92. The second-order valence-corrected chi connectivity index (χ2v) is 4.21. The zero-order chi connectivity index (χ0) is 12.0. The van der Waals surface area contributed by atoms with E-state index in [9.17, 15) is 4.79 Å². The molecule has 16 heavy (non-hydrogen) atoms. The fourth-order valence-corrected chi connectivity index (χ4v) is 1.52. The first kappa shape index (κ1) is 13.0. The normalized spacial score (nSPS) is 11.9. The van der Waals surface area contributed by atoms with Crippen molar-refractivity contribution in [1.29, 1.82) is 0 Å². The Morgan fingerprint density at radius 3 is 3.00 bits per heavy atom. The maximum atomic E-state index is 11.5. The number of benzene rings is 1. The van der Waals surface area contributed by atoms with E-state index in [1.807, 2.05) is 18.2 Å². The summed E-state index contributed by atoms with van der Waals surface area (Å²) in [5.41, 5.74) is 5.29. The summed E-state index contributed by atoms with van der Waals surface area (Å²) < 4.78 is 6.39. The van der Waals surface area contributed by atoms with Gasteiger partial charge in [-0.05, 0) is 25.1 Å². The molecule has 0 aliphatic rings. The van der Waals surface area contributed by atoms with Crippen LogP contribution in [0.5, 0.6) is 5.75 Å². The average molecular weight is 287 g/mol. The average Bonchev–Trinajstić information content (AvgIpc) is 2.25. The molecule has 0 bridgehead atoms. The molecule has 0 saturated heterocycles. The van der Waals surface area contributed by atoms with Gasteiger partial charge in [0.15, 0.2) is 6.10 Å². The Morgan fingerprint density at radius 1 is 1.62 bits per heavy atom. The molecule has 0 aliphatic heterocycles. The van der Waals surface area contributed by atoms with E-state index >= 15 is 0 Å². The molecule has 1 aromatic carbocycles. The highest BCUT2D eigenvalue weighted by molar-refractivity contribution is 9.10. The second kappa shape index (κ2) is 6.50. The van der Waals surface area contributed by atoms with Gasteiger partial charge in [0.25, 0.3) is 5.91 Å². The van der Waals surface area contributed by atoms with Crippen LogP contribution in [0.25, 0.3) is 0 Å². The first-order valence-electron chi connectivity index (χ1n) is 5.03. The van der Waals surface area contributed by atoms with Crippen LogP contribution in [0, 0.1) is 0 Å². The van der Waals surface area contributed by atoms with Gasteiger partial charge in [0.1, 0.15) is 5.75 Å². The lowest BCUT2D eigenvalue weighted by atomic mass is 10.3. The number of halogens is 1. The van der Waals surface area contributed by atoms with Gasteiger partial charge in [0.2, 0.25) is 0 Å². The molecule has 3 N–H and O–H groups in total. The summed E-state index contributed by atoms with van der Waals surface area (Å²) in [6, 6.07) is 7.36. The smallest absolute Gasteiger partial charge is 0.260 e. The Balaban J connectivity index is 2.50. The number of hydrogen-bond donors (Lipinski definition) is 2. The van der Waals surface area contributed by atoms with Crippen LogP contribution in [-0.4, -0.2) is 25.1 Å². The summed E-state index contributed by atoms with van der Waals surface area (Å²) in [7, 11) is 0. The summed E-state index contributed by atoms with van der Waals surface area (Å²) >= 11 is 3.33. The number of carbonyl (C=O) groups excluding carboxylic acids is 1. The summed E-state index contributed by atoms with van der Waals surface area (Å²) in [6.07, 6.45) is -0.527. The van der Waals surface area contributed by atoms with Crippen LogP contribution in [0.4, 0.5) is 0 Å². The van der Waals surface area contributed by atoms with E-state index < -0.39 is 6.10 Å². The van der Waals surface area contributed by atoms with Crippen molar-refractivity contribution < 1.29 is 9.53 Å². The number of nitrogens with one attached hydrogen (secondary N) is 1. The van der Waals surface area contributed by atoms with Crippen molar-refractivity contribution in [1.82, 2.24) is 5.32 Å². The molecule has 1 atom stereocenters. The number of hydrogen-bond acceptors (Lipinski definition) is 3. The fraction of sp³-hybridized carbons (Fsp3) is 0.364. The van der Waals surface area contributed by atoms with Crippen LogP contribution in [0.1, 0.15) is 6.92 Å². The topological polar surface area (TPSA) is 64.3 Å². The van der Waals surface area contributed by atoms with Gasteiger partial charge in [-0.25, -0.2) is 0 Å². The van der Waals surface area contributed by atoms with Crippen LogP contribution >= 0.6 is 15.9 Å². The van der Waals surface area contributed by atoms with Crippen molar-refractivity contribution in [2.45, 2.75) is 13.0 Å². The number of nitrogens with two attached hydrogens (primary N) is 1. The van der Waals surface area contributed by atoms with Crippen molar-refractivity contribution in [2.24, 2.45) is 5.73 Å². The number of amides is 1. The standard InChI is InChI=1S/C11H15BrN2O2/c1-8(11(15)14-6-5-13)16-10-4-2-3-9(12)7-10/h2-4,7-8H,5-6,13H2,1H3,(H,14,15). The molecule has 0 fully saturated rings. The molecular weight excluding hydrogens is 272 g/mol. The van der Waals surface area contributed by atoms with E-state index in [2.05, 4.69) is 21.2 Å². The van der Waals surface area contributed by atoms with Crippen molar-refractivity contribution in [3.63, 3.8) is 0 Å². The van der Waals surface area contributed by atoms with Crippen LogP contribution in [0.15, 0.2) is 28.7 Å². The molecule has 0 radical (unpaired) electrons. The molecule has 1 aromatic rings. The van der Waals surface area contributed by atoms with Crippen molar-refractivity contribution >= 4 is 21.8 Å². The van der Waals surface area contributed by atoms with Gasteiger partial charge in [-0.2, -0.15) is 0 Å². The minimum absolute atomic E-state index is 0.162. The largest absolute Gasteiger partial charge is 0.481 e. The lowest BCUT2D eigenvalue weighted by molar-refractivity contribution is -0.127. The van der Waals surface area contributed by atoms with Gasteiger partial charge in [-0.3, -0.25) is 4.79 Å².